The molecule has 0 aliphatic heterocycles. The highest BCUT2D eigenvalue weighted by Gasteiger charge is 1.79. The van der Waals surface area contributed by atoms with Gasteiger partial charge in [-0.3, -0.25) is 0 Å². The molecule has 0 aliphatic carbocycles. The third kappa shape index (κ3) is 2.73. The van der Waals surface area contributed by atoms with Gasteiger partial charge in [-0.05, 0) is 5.56 Å². The fraction of sp³-hybridized carbons (Fsp3) is 0. The van der Waals surface area contributed by atoms with Gasteiger partial charge in [-0.2, -0.15) is 0 Å². The fourth-order valence-corrected chi connectivity index (χ4v) is 0.779. The Kier molecular flexibility index (Phi) is 3.02. The standard InChI is InChI=1S/C11H9/c1-2-3-5-8-11-9-6-4-7-10-11/h1,3-10H. The average Bonchev–Trinajstić information content (AvgIpc) is 2.07. The largest absolute Gasteiger partial charge is 0.119 e. The first-order valence-corrected chi connectivity index (χ1v) is 3.44. The second-order valence-corrected chi connectivity index (χ2v) is 2.10. The SMILES string of the molecule is C#C[CH]C=Cc1ccccc1. The van der Waals surface area contributed by atoms with Crippen molar-refractivity contribution in [3.63, 3.8) is 0 Å². The first-order chi connectivity index (χ1) is 5.43. The molecule has 0 unspecified atom stereocenters. The molecule has 0 heteroatoms. The van der Waals surface area contributed by atoms with E-state index in [1.54, 1.807) is 6.42 Å². The Morgan fingerprint density at radius 1 is 1.18 bits per heavy atom. The quantitative estimate of drug-likeness (QED) is 0.555. The number of hydrogen-bond acceptors (Lipinski definition) is 0. The van der Waals surface area contributed by atoms with E-state index in [-0.39, 0.29) is 0 Å². The van der Waals surface area contributed by atoms with Crippen molar-refractivity contribution in [1.82, 2.24) is 0 Å². The fourth-order valence-electron chi connectivity index (χ4n) is 0.779. The Bertz CT molecular complexity index is 262. The van der Waals surface area contributed by atoms with Crippen molar-refractivity contribution in [3.05, 3.63) is 48.4 Å². The highest BCUT2D eigenvalue weighted by atomic mass is 13.8. The van der Waals surface area contributed by atoms with E-state index in [0.717, 1.165) is 0 Å². The van der Waals surface area contributed by atoms with Gasteiger partial charge >= 0.3 is 0 Å². The minimum atomic E-state index is 1.17. The molecule has 0 saturated heterocycles. The molecule has 0 amide bonds. The van der Waals surface area contributed by atoms with Crippen molar-refractivity contribution in [1.29, 1.82) is 0 Å². The summed E-state index contributed by atoms with van der Waals surface area (Å²) < 4.78 is 0. The molecular formula is C11H9. The minimum Gasteiger partial charge on any atom is -0.119 e. The minimum absolute atomic E-state index is 1.17. The highest BCUT2D eigenvalue weighted by molar-refractivity contribution is 5.51. The third-order valence-electron chi connectivity index (χ3n) is 1.28. The van der Waals surface area contributed by atoms with Gasteiger partial charge in [-0.15, -0.1) is 6.42 Å². The zero-order chi connectivity index (χ0) is 7.94. The lowest BCUT2D eigenvalue weighted by atomic mass is 10.2. The number of rotatable bonds is 2. The Morgan fingerprint density at radius 3 is 2.55 bits per heavy atom. The van der Waals surface area contributed by atoms with Crippen LogP contribution in [-0.2, 0) is 0 Å². The van der Waals surface area contributed by atoms with Crippen LogP contribution >= 0.6 is 0 Å². The Balaban J connectivity index is 2.59. The summed E-state index contributed by atoms with van der Waals surface area (Å²) in [7, 11) is 0. The summed E-state index contributed by atoms with van der Waals surface area (Å²) in [6.07, 6.45) is 10.5. The van der Waals surface area contributed by atoms with Crippen LogP contribution in [0.15, 0.2) is 36.4 Å². The van der Waals surface area contributed by atoms with E-state index in [9.17, 15) is 0 Å². The second kappa shape index (κ2) is 4.35. The van der Waals surface area contributed by atoms with Crippen LogP contribution in [0.2, 0.25) is 0 Å². The number of allylic oxidation sites excluding steroid dienone is 1. The summed E-state index contributed by atoms with van der Waals surface area (Å²) in [6, 6.07) is 10.0. The molecule has 0 bridgehead atoms. The lowest BCUT2D eigenvalue weighted by Gasteiger charge is -1.88. The number of benzene rings is 1. The van der Waals surface area contributed by atoms with Gasteiger partial charge in [-0.1, -0.05) is 48.4 Å². The summed E-state index contributed by atoms with van der Waals surface area (Å²) >= 11 is 0. The van der Waals surface area contributed by atoms with Crippen LogP contribution in [0.4, 0.5) is 0 Å². The lowest BCUT2D eigenvalue weighted by Crippen LogP contribution is -1.67. The molecule has 0 nitrogen and oxygen atoms in total. The number of hydrogen-bond donors (Lipinski definition) is 0. The Morgan fingerprint density at radius 2 is 1.91 bits per heavy atom. The first kappa shape index (κ1) is 7.63. The topological polar surface area (TPSA) is 0 Å². The molecule has 1 aromatic rings. The van der Waals surface area contributed by atoms with Gasteiger partial charge < -0.3 is 0 Å². The molecule has 0 atom stereocenters. The van der Waals surface area contributed by atoms with Crippen molar-refractivity contribution in [2.24, 2.45) is 0 Å². The lowest BCUT2D eigenvalue weighted by molar-refractivity contribution is 1.66. The van der Waals surface area contributed by atoms with Gasteiger partial charge in [-0.25, -0.2) is 0 Å². The summed E-state index contributed by atoms with van der Waals surface area (Å²) in [6.45, 7) is 0. The van der Waals surface area contributed by atoms with Crippen LogP contribution in [0.25, 0.3) is 6.08 Å². The van der Waals surface area contributed by atoms with Crippen molar-refractivity contribution < 1.29 is 0 Å². The van der Waals surface area contributed by atoms with Crippen LogP contribution in [0.3, 0.4) is 0 Å². The Hall–Kier alpha value is -1.48. The van der Waals surface area contributed by atoms with Crippen LogP contribution in [0, 0.1) is 18.8 Å². The van der Waals surface area contributed by atoms with E-state index >= 15 is 0 Å². The van der Waals surface area contributed by atoms with E-state index in [1.165, 1.54) is 5.56 Å². The molecule has 1 aromatic carbocycles. The van der Waals surface area contributed by atoms with Crippen molar-refractivity contribution >= 4 is 6.08 Å². The molecule has 53 valence electrons. The van der Waals surface area contributed by atoms with E-state index in [1.807, 2.05) is 42.5 Å². The van der Waals surface area contributed by atoms with Gasteiger partial charge in [0, 0.05) is 0 Å². The second-order valence-electron chi connectivity index (χ2n) is 2.10. The monoisotopic (exact) mass is 141 g/mol. The molecule has 0 heterocycles. The van der Waals surface area contributed by atoms with Gasteiger partial charge in [0.05, 0.1) is 6.42 Å². The van der Waals surface area contributed by atoms with Gasteiger partial charge in [0.2, 0.25) is 0 Å². The van der Waals surface area contributed by atoms with Gasteiger partial charge in [0.15, 0.2) is 0 Å². The van der Waals surface area contributed by atoms with Crippen molar-refractivity contribution in [2.75, 3.05) is 0 Å². The van der Waals surface area contributed by atoms with E-state index < -0.39 is 0 Å². The molecule has 0 aromatic heterocycles. The molecule has 0 aliphatic rings. The van der Waals surface area contributed by atoms with Crippen LogP contribution in [-0.4, -0.2) is 0 Å². The smallest absolute Gasteiger partial charge is 0.0556 e. The predicted molar refractivity (Wildman–Crippen MR) is 48.6 cm³/mol. The van der Waals surface area contributed by atoms with E-state index in [0.29, 0.717) is 0 Å². The molecule has 1 rings (SSSR count). The normalized spacial score (nSPS) is 9.73. The predicted octanol–water partition coefficient (Wildman–Crippen LogP) is 2.54. The zero-order valence-corrected chi connectivity index (χ0v) is 6.20. The van der Waals surface area contributed by atoms with Gasteiger partial charge in [0.1, 0.15) is 0 Å². The summed E-state index contributed by atoms with van der Waals surface area (Å²) in [5, 5.41) is 0. The van der Waals surface area contributed by atoms with E-state index in [4.69, 9.17) is 6.42 Å². The summed E-state index contributed by atoms with van der Waals surface area (Å²) in [4.78, 5) is 0. The molecular weight excluding hydrogens is 132 g/mol. The summed E-state index contributed by atoms with van der Waals surface area (Å²) in [5.41, 5.74) is 1.17. The molecule has 11 heavy (non-hydrogen) atoms. The van der Waals surface area contributed by atoms with Crippen LogP contribution in [0.5, 0.6) is 0 Å². The molecule has 0 N–H and O–H groups in total. The van der Waals surface area contributed by atoms with Crippen LogP contribution < -0.4 is 0 Å². The van der Waals surface area contributed by atoms with Crippen molar-refractivity contribution in [2.45, 2.75) is 0 Å². The van der Waals surface area contributed by atoms with E-state index in [2.05, 4.69) is 5.92 Å². The van der Waals surface area contributed by atoms with Crippen LogP contribution in [0.1, 0.15) is 5.56 Å². The number of terminal acetylenes is 1. The van der Waals surface area contributed by atoms with Crippen molar-refractivity contribution in [3.8, 4) is 12.3 Å². The molecule has 1 radical (unpaired) electrons. The maximum atomic E-state index is 5.04. The highest BCUT2D eigenvalue weighted by Crippen LogP contribution is 2.00. The maximum Gasteiger partial charge on any atom is 0.0556 e. The zero-order valence-electron chi connectivity index (χ0n) is 6.20. The molecule has 0 fully saturated rings. The molecule has 0 saturated carbocycles. The molecule has 0 spiro atoms. The first-order valence-electron chi connectivity index (χ1n) is 3.44. The average molecular weight is 141 g/mol. The maximum absolute atomic E-state index is 5.04. The van der Waals surface area contributed by atoms with Gasteiger partial charge in [0.25, 0.3) is 0 Å². The Labute approximate surface area is 67.6 Å². The third-order valence-corrected chi connectivity index (χ3v) is 1.28. The summed E-state index contributed by atoms with van der Waals surface area (Å²) in [5.74, 6) is 2.43.